The van der Waals surface area contributed by atoms with E-state index in [0.717, 1.165) is 25.7 Å². The number of carbonyl (C=O) groups is 1. The zero-order valence-corrected chi connectivity index (χ0v) is 19.4. The summed E-state index contributed by atoms with van der Waals surface area (Å²) in [7, 11) is 0. The second-order valence-electron chi connectivity index (χ2n) is 8.71. The van der Waals surface area contributed by atoms with Crippen molar-refractivity contribution < 1.29 is 9.90 Å². The molecule has 0 bridgehead atoms. The van der Waals surface area contributed by atoms with Crippen LogP contribution in [0.1, 0.15) is 136 Å². The van der Waals surface area contributed by atoms with Crippen LogP contribution in [0.3, 0.4) is 0 Å². The maximum absolute atomic E-state index is 11.6. The van der Waals surface area contributed by atoms with E-state index in [1.54, 1.807) is 0 Å². The summed E-state index contributed by atoms with van der Waals surface area (Å²) in [5, 5.41) is 9.54. The van der Waals surface area contributed by atoms with Crippen molar-refractivity contribution in [3.8, 4) is 0 Å². The predicted octanol–water partition coefficient (Wildman–Crippen LogP) is 8.94. The summed E-state index contributed by atoms with van der Waals surface area (Å²) in [4.78, 5) is 11.6. The van der Waals surface area contributed by atoms with Crippen LogP contribution in [0.2, 0.25) is 0 Å². The maximum Gasteiger partial charge on any atom is 0.306 e. The summed E-state index contributed by atoms with van der Waals surface area (Å²) in [5.41, 5.74) is 0. The number of rotatable bonds is 21. The molecule has 0 spiro atoms. The van der Waals surface area contributed by atoms with E-state index in [1.807, 2.05) is 0 Å². The van der Waals surface area contributed by atoms with Crippen LogP contribution in [-0.4, -0.2) is 11.1 Å². The van der Waals surface area contributed by atoms with Gasteiger partial charge in [-0.1, -0.05) is 110 Å². The molecule has 0 saturated heterocycles. The van der Waals surface area contributed by atoms with Crippen molar-refractivity contribution in [2.24, 2.45) is 11.8 Å². The molecule has 0 saturated carbocycles. The monoisotopic (exact) mass is 394 g/mol. The molecule has 2 heteroatoms. The van der Waals surface area contributed by atoms with Crippen molar-refractivity contribution in [3.63, 3.8) is 0 Å². The van der Waals surface area contributed by atoms with Crippen LogP contribution in [0.15, 0.2) is 12.2 Å². The van der Waals surface area contributed by atoms with Gasteiger partial charge in [-0.15, -0.1) is 0 Å². The molecular weight excluding hydrogens is 344 g/mol. The minimum absolute atomic E-state index is 0.126. The Morgan fingerprint density at radius 1 is 0.714 bits per heavy atom. The third kappa shape index (κ3) is 17.3. The van der Waals surface area contributed by atoms with Crippen molar-refractivity contribution in [1.29, 1.82) is 0 Å². The van der Waals surface area contributed by atoms with Gasteiger partial charge in [0, 0.05) is 0 Å². The highest BCUT2D eigenvalue weighted by molar-refractivity contribution is 5.69. The van der Waals surface area contributed by atoms with Gasteiger partial charge in [-0.3, -0.25) is 4.79 Å². The molecule has 2 nitrogen and oxygen atoms in total. The van der Waals surface area contributed by atoms with Gasteiger partial charge in [-0.05, 0) is 44.4 Å². The highest BCUT2D eigenvalue weighted by Crippen LogP contribution is 2.25. The second-order valence-corrected chi connectivity index (χ2v) is 8.71. The average Bonchev–Trinajstić information content (AvgIpc) is 2.69. The summed E-state index contributed by atoms with van der Waals surface area (Å²) in [5.74, 6) is -0.107. The Bertz CT molecular complexity index is 361. The lowest BCUT2D eigenvalue weighted by atomic mass is 9.86. The van der Waals surface area contributed by atoms with E-state index < -0.39 is 5.97 Å². The summed E-state index contributed by atoms with van der Waals surface area (Å²) >= 11 is 0. The third-order valence-corrected chi connectivity index (χ3v) is 6.07. The van der Waals surface area contributed by atoms with Gasteiger partial charge in [0.15, 0.2) is 0 Å². The molecule has 0 aliphatic carbocycles. The van der Waals surface area contributed by atoms with Gasteiger partial charge in [0.1, 0.15) is 0 Å². The van der Waals surface area contributed by atoms with E-state index in [9.17, 15) is 9.90 Å². The standard InChI is InChI=1S/C26H50O2/c1-4-7-9-10-11-12-13-14-15-16-17-18-19-20-22-25(26(27)28)23-24(6-3)21-8-5-2/h14-15,24-25H,4-13,16-23H2,1-3H3,(H,27,28)/b15-14+. The molecule has 0 fully saturated rings. The van der Waals surface area contributed by atoms with Crippen molar-refractivity contribution >= 4 is 5.97 Å². The first-order valence-electron chi connectivity index (χ1n) is 12.5. The highest BCUT2D eigenvalue weighted by Gasteiger charge is 2.21. The molecule has 0 aromatic carbocycles. The summed E-state index contributed by atoms with van der Waals surface area (Å²) < 4.78 is 0. The van der Waals surface area contributed by atoms with Crippen molar-refractivity contribution in [2.45, 2.75) is 136 Å². The highest BCUT2D eigenvalue weighted by atomic mass is 16.4. The fraction of sp³-hybridized carbons (Fsp3) is 0.885. The van der Waals surface area contributed by atoms with Crippen LogP contribution < -0.4 is 0 Å². The number of carboxylic acids is 1. The summed E-state index contributed by atoms with van der Waals surface area (Å²) in [6, 6.07) is 0. The number of carboxylic acid groups (broad SMARTS) is 1. The topological polar surface area (TPSA) is 37.3 Å². The van der Waals surface area contributed by atoms with E-state index in [2.05, 4.69) is 32.9 Å². The first-order valence-corrected chi connectivity index (χ1v) is 12.5. The molecule has 166 valence electrons. The third-order valence-electron chi connectivity index (χ3n) is 6.07. The predicted molar refractivity (Wildman–Crippen MR) is 124 cm³/mol. The first kappa shape index (κ1) is 27.2. The fourth-order valence-electron chi connectivity index (χ4n) is 4.01. The van der Waals surface area contributed by atoms with E-state index >= 15 is 0 Å². The molecule has 1 N–H and O–H groups in total. The molecule has 0 aliphatic heterocycles. The van der Waals surface area contributed by atoms with Gasteiger partial charge in [0.25, 0.3) is 0 Å². The smallest absolute Gasteiger partial charge is 0.306 e. The SMILES string of the molecule is CCCCCCCC/C=C/CCCCCCC(CC(CC)CCCC)C(=O)O. The number of hydrogen-bond donors (Lipinski definition) is 1. The summed E-state index contributed by atoms with van der Waals surface area (Å²) in [6.45, 7) is 6.69. The maximum atomic E-state index is 11.6. The Morgan fingerprint density at radius 3 is 1.79 bits per heavy atom. The molecule has 0 rings (SSSR count). The van der Waals surface area contributed by atoms with Gasteiger partial charge in [0.2, 0.25) is 0 Å². The van der Waals surface area contributed by atoms with Crippen molar-refractivity contribution in [1.82, 2.24) is 0 Å². The van der Waals surface area contributed by atoms with E-state index in [0.29, 0.717) is 5.92 Å². The molecule has 0 aromatic heterocycles. The van der Waals surface area contributed by atoms with Gasteiger partial charge >= 0.3 is 5.97 Å². The number of hydrogen-bond acceptors (Lipinski definition) is 1. The minimum atomic E-state index is -0.576. The van der Waals surface area contributed by atoms with Gasteiger partial charge in [-0.2, -0.15) is 0 Å². The fourth-order valence-corrected chi connectivity index (χ4v) is 4.01. The molecule has 0 aromatic rings. The van der Waals surface area contributed by atoms with Crippen LogP contribution in [0.5, 0.6) is 0 Å². The van der Waals surface area contributed by atoms with Crippen LogP contribution >= 0.6 is 0 Å². The van der Waals surface area contributed by atoms with Crippen LogP contribution in [0.4, 0.5) is 0 Å². The normalized spacial score (nSPS) is 13.8. The molecule has 0 heterocycles. The van der Waals surface area contributed by atoms with E-state index in [1.165, 1.54) is 89.9 Å². The minimum Gasteiger partial charge on any atom is -0.481 e. The molecule has 28 heavy (non-hydrogen) atoms. The van der Waals surface area contributed by atoms with E-state index in [4.69, 9.17) is 0 Å². The molecular formula is C26H50O2. The lowest BCUT2D eigenvalue weighted by Gasteiger charge is -2.19. The van der Waals surface area contributed by atoms with Gasteiger partial charge in [0.05, 0.1) is 5.92 Å². The van der Waals surface area contributed by atoms with Crippen LogP contribution in [0.25, 0.3) is 0 Å². The molecule has 0 aliphatic rings. The lowest BCUT2D eigenvalue weighted by Crippen LogP contribution is -2.18. The number of unbranched alkanes of at least 4 members (excludes halogenated alkanes) is 11. The number of aliphatic carboxylic acids is 1. The Labute approximate surface area is 176 Å². The van der Waals surface area contributed by atoms with Crippen LogP contribution in [0, 0.1) is 11.8 Å². The number of allylic oxidation sites excluding steroid dienone is 2. The molecule has 2 unspecified atom stereocenters. The quantitative estimate of drug-likeness (QED) is 0.156. The second kappa shape index (κ2) is 20.9. The zero-order chi connectivity index (χ0) is 20.9. The van der Waals surface area contributed by atoms with Crippen LogP contribution in [-0.2, 0) is 4.79 Å². The van der Waals surface area contributed by atoms with Gasteiger partial charge < -0.3 is 5.11 Å². The van der Waals surface area contributed by atoms with E-state index in [-0.39, 0.29) is 5.92 Å². The van der Waals surface area contributed by atoms with Crippen molar-refractivity contribution in [2.75, 3.05) is 0 Å². The largest absolute Gasteiger partial charge is 0.481 e. The molecule has 2 atom stereocenters. The zero-order valence-electron chi connectivity index (χ0n) is 19.4. The Morgan fingerprint density at radius 2 is 1.25 bits per heavy atom. The Balaban J connectivity index is 3.67. The Hall–Kier alpha value is -0.790. The average molecular weight is 395 g/mol. The summed E-state index contributed by atoms with van der Waals surface area (Å²) in [6.07, 6.45) is 26.6. The first-order chi connectivity index (χ1) is 13.7. The molecule has 0 radical (unpaired) electrons. The molecule has 0 amide bonds. The van der Waals surface area contributed by atoms with Gasteiger partial charge in [-0.25, -0.2) is 0 Å². The lowest BCUT2D eigenvalue weighted by molar-refractivity contribution is -0.142. The Kier molecular flexibility index (Phi) is 20.3. The van der Waals surface area contributed by atoms with Crippen molar-refractivity contribution in [3.05, 3.63) is 12.2 Å².